The Bertz CT molecular complexity index is 1080. The molecule has 0 aromatic carbocycles. The number of unbranched alkanes of at least 4 members (excludes halogenated alkanes) is 34. The molecule has 0 heterocycles. The minimum atomic E-state index is -0.771. The van der Waals surface area contributed by atoms with Crippen molar-refractivity contribution >= 4 is 17.9 Å². The van der Waals surface area contributed by atoms with Gasteiger partial charge in [0.25, 0.3) is 0 Å². The van der Waals surface area contributed by atoms with E-state index >= 15 is 0 Å². The van der Waals surface area contributed by atoms with Crippen molar-refractivity contribution < 1.29 is 28.6 Å². The zero-order chi connectivity index (χ0) is 46.5. The summed E-state index contributed by atoms with van der Waals surface area (Å²) < 4.78 is 16.8. The zero-order valence-electron chi connectivity index (χ0n) is 42.8. The minimum Gasteiger partial charge on any atom is -0.462 e. The second-order valence-corrected chi connectivity index (χ2v) is 18.8. The van der Waals surface area contributed by atoms with E-state index < -0.39 is 6.10 Å². The highest BCUT2D eigenvalue weighted by molar-refractivity contribution is 5.71. The van der Waals surface area contributed by atoms with Gasteiger partial charge in [-0.05, 0) is 51.4 Å². The molecule has 0 aliphatic heterocycles. The van der Waals surface area contributed by atoms with Crippen LogP contribution in [0.5, 0.6) is 0 Å². The van der Waals surface area contributed by atoms with Gasteiger partial charge in [-0.25, -0.2) is 0 Å². The second kappa shape index (κ2) is 53.2. The Balaban J connectivity index is 4.15. The number of carbonyl (C=O) groups excluding carboxylic acids is 3. The normalized spacial score (nSPS) is 12.2. The number of ether oxygens (including phenoxy) is 3. The van der Waals surface area contributed by atoms with Gasteiger partial charge in [0, 0.05) is 19.3 Å². The Morgan fingerprint density at radius 1 is 0.328 bits per heavy atom. The van der Waals surface area contributed by atoms with E-state index in [4.69, 9.17) is 14.2 Å². The molecule has 0 aliphatic rings. The van der Waals surface area contributed by atoms with E-state index in [0.717, 1.165) is 83.5 Å². The molecule has 0 spiro atoms. The SMILES string of the molecule is CC/C=C\C/C=C\C/C=C\CCCCCCCCCC(=O)OC(COC(=O)CCCCCCCCC)COC(=O)CCCCCCCCCCCCCCCCCCCCCCCC. The molecule has 6 nitrogen and oxygen atoms in total. The number of rotatable bonds is 51. The van der Waals surface area contributed by atoms with Crippen LogP contribution in [0.15, 0.2) is 36.5 Å². The van der Waals surface area contributed by atoms with Gasteiger partial charge >= 0.3 is 17.9 Å². The molecular formula is C58H106O6. The van der Waals surface area contributed by atoms with Gasteiger partial charge in [0.15, 0.2) is 6.10 Å². The summed E-state index contributed by atoms with van der Waals surface area (Å²) in [5, 5.41) is 0. The highest BCUT2D eigenvalue weighted by Gasteiger charge is 2.19. The molecule has 1 unspecified atom stereocenters. The monoisotopic (exact) mass is 899 g/mol. The fraction of sp³-hybridized carbons (Fsp3) is 0.845. The first-order valence-corrected chi connectivity index (χ1v) is 28.0. The highest BCUT2D eigenvalue weighted by Crippen LogP contribution is 2.17. The lowest BCUT2D eigenvalue weighted by molar-refractivity contribution is -0.167. The van der Waals surface area contributed by atoms with Crippen LogP contribution in [0.1, 0.15) is 297 Å². The molecule has 0 rings (SSSR count). The molecule has 0 fully saturated rings. The molecule has 1 atom stereocenters. The van der Waals surface area contributed by atoms with Crippen LogP contribution in [0.3, 0.4) is 0 Å². The van der Waals surface area contributed by atoms with Crippen LogP contribution in [0.4, 0.5) is 0 Å². The molecule has 0 saturated carbocycles. The van der Waals surface area contributed by atoms with E-state index in [1.165, 1.54) is 173 Å². The van der Waals surface area contributed by atoms with Crippen LogP contribution < -0.4 is 0 Å². The van der Waals surface area contributed by atoms with Gasteiger partial charge in [0.1, 0.15) is 13.2 Å². The molecule has 0 radical (unpaired) electrons. The summed E-state index contributed by atoms with van der Waals surface area (Å²) in [6.45, 7) is 6.52. The van der Waals surface area contributed by atoms with E-state index in [-0.39, 0.29) is 31.1 Å². The maximum Gasteiger partial charge on any atom is 0.306 e. The number of esters is 3. The third kappa shape index (κ3) is 50.6. The Morgan fingerprint density at radius 3 is 0.953 bits per heavy atom. The van der Waals surface area contributed by atoms with Crippen LogP contribution >= 0.6 is 0 Å². The van der Waals surface area contributed by atoms with Gasteiger partial charge < -0.3 is 14.2 Å². The average molecular weight is 899 g/mol. The number of allylic oxidation sites excluding steroid dienone is 6. The lowest BCUT2D eigenvalue weighted by Gasteiger charge is -2.18. The predicted molar refractivity (Wildman–Crippen MR) is 275 cm³/mol. The van der Waals surface area contributed by atoms with Gasteiger partial charge in [0.2, 0.25) is 0 Å². The Hall–Kier alpha value is -2.37. The van der Waals surface area contributed by atoms with E-state index in [0.29, 0.717) is 19.3 Å². The maximum absolute atomic E-state index is 12.8. The van der Waals surface area contributed by atoms with Gasteiger partial charge in [-0.1, -0.05) is 263 Å². The topological polar surface area (TPSA) is 78.9 Å². The standard InChI is InChI=1S/C58H106O6/c1-4-7-10-13-16-18-20-22-24-26-27-28-29-30-32-33-35-37-39-42-45-48-51-57(60)63-54-55(53-62-56(59)50-47-44-41-15-12-9-6-3)64-58(61)52-49-46-43-40-38-36-34-31-25-23-21-19-17-14-11-8-5-2/h8,11,17,19,23,25,55H,4-7,9-10,12-16,18,20-22,24,26-54H2,1-3H3/b11-8-,19-17-,25-23-. The Labute approximate surface area is 397 Å². The third-order valence-corrected chi connectivity index (χ3v) is 12.4. The van der Waals surface area contributed by atoms with Gasteiger partial charge in [-0.2, -0.15) is 0 Å². The average Bonchev–Trinajstić information content (AvgIpc) is 3.29. The van der Waals surface area contributed by atoms with Crippen molar-refractivity contribution in [3.8, 4) is 0 Å². The van der Waals surface area contributed by atoms with E-state index in [9.17, 15) is 14.4 Å². The van der Waals surface area contributed by atoms with Gasteiger partial charge in [-0.15, -0.1) is 0 Å². The van der Waals surface area contributed by atoms with E-state index in [2.05, 4.69) is 57.2 Å². The summed E-state index contributed by atoms with van der Waals surface area (Å²) in [7, 11) is 0. The van der Waals surface area contributed by atoms with Crippen molar-refractivity contribution in [1.29, 1.82) is 0 Å². The highest BCUT2D eigenvalue weighted by atomic mass is 16.6. The third-order valence-electron chi connectivity index (χ3n) is 12.4. The summed E-state index contributed by atoms with van der Waals surface area (Å²) in [4.78, 5) is 37.9. The van der Waals surface area contributed by atoms with Crippen molar-refractivity contribution in [2.75, 3.05) is 13.2 Å². The van der Waals surface area contributed by atoms with Crippen molar-refractivity contribution in [2.24, 2.45) is 0 Å². The molecular weight excluding hydrogens is 793 g/mol. The van der Waals surface area contributed by atoms with Gasteiger partial charge in [-0.3, -0.25) is 14.4 Å². The van der Waals surface area contributed by atoms with Crippen LogP contribution in [-0.2, 0) is 28.6 Å². The summed E-state index contributed by atoms with van der Waals surface area (Å²) in [6.07, 6.45) is 63.0. The summed E-state index contributed by atoms with van der Waals surface area (Å²) in [6, 6.07) is 0. The van der Waals surface area contributed by atoms with Gasteiger partial charge in [0.05, 0.1) is 0 Å². The number of hydrogen-bond donors (Lipinski definition) is 0. The smallest absolute Gasteiger partial charge is 0.306 e. The second-order valence-electron chi connectivity index (χ2n) is 18.8. The molecule has 0 N–H and O–H groups in total. The van der Waals surface area contributed by atoms with E-state index in [1.807, 2.05) is 0 Å². The molecule has 0 amide bonds. The Kier molecular flexibility index (Phi) is 51.3. The fourth-order valence-corrected chi connectivity index (χ4v) is 8.22. The number of hydrogen-bond acceptors (Lipinski definition) is 6. The van der Waals surface area contributed by atoms with Crippen molar-refractivity contribution in [3.05, 3.63) is 36.5 Å². The first-order valence-electron chi connectivity index (χ1n) is 28.0. The lowest BCUT2D eigenvalue weighted by Crippen LogP contribution is -2.30. The largest absolute Gasteiger partial charge is 0.462 e. The van der Waals surface area contributed by atoms with Crippen molar-refractivity contribution in [1.82, 2.24) is 0 Å². The summed E-state index contributed by atoms with van der Waals surface area (Å²) in [5.41, 5.74) is 0. The quantitative estimate of drug-likeness (QED) is 0.0262. The van der Waals surface area contributed by atoms with Crippen LogP contribution in [-0.4, -0.2) is 37.2 Å². The fourth-order valence-electron chi connectivity index (χ4n) is 8.22. The molecule has 6 heteroatoms. The molecule has 0 saturated heterocycles. The molecule has 0 aliphatic carbocycles. The molecule has 0 bridgehead atoms. The van der Waals surface area contributed by atoms with Crippen LogP contribution in [0.2, 0.25) is 0 Å². The lowest BCUT2D eigenvalue weighted by atomic mass is 10.0. The first-order chi connectivity index (χ1) is 31.5. The summed E-state index contributed by atoms with van der Waals surface area (Å²) >= 11 is 0. The van der Waals surface area contributed by atoms with E-state index in [1.54, 1.807) is 0 Å². The minimum absolute atomic E-state index is 0.0723. The van der Waals surface area contributed by atoms with Crippen molar-refractivity contribution in [3.63, 3.8) is 0 Å². The zero-order valence-corrected chi connectivity index (χ0v) is 42.8. The molecule has 374 valence electrons. The van der Waals surface area contributed by atoms with Crippen LogP contribution in [0.25, 0.3) is 0 Å². The predicted octanol–water partition coefficient (Wildman–Crippen LogP) is 18.5. The molecule has 0 aromatic rings. The molecule has 64 heavy (non-hydrogen) atoms. The van der Waals surface area contributed by atoms with Crippen molar-refractivity contribution in [2.45, 2.75) is 303 Å². The number of carbonyl (C=O) groups is 3. The van der Waals surface area contributed by atoms with Crippen LogP contribution in [0, 0.1) is 0 Å². The summed E-state index contributed by atoms with van der Waals surface area (Å²) in [5.74, 6) is -0.874. The first kappa shape index (κ1) is 61.6. The maximum atomic E-state index is 12.8. The Morgan fingerprint density at radius 2 is 0.609 bits per heavy atom. The molecule has 0 aromatic heterocycles.